The summed E-state index contributed by atoms with van der Waals surface area (Å²) in [5.74, 6) is -0.438. The summed E-state index contributed by atoms with van der Waals surface area (Å²) in [5, 5.41) is 19.0. The van der Waals surface area contributed by atoms with Crippen LogP contribution in [0.5, 0.6) is 0 Å². The molecule has 0 spiro atoms. The van der Waals surface area contributed by atoms with Gasteiger partial charge in [-0.1, -0.05) is 29.8 Å². The average Bonchev–Trinajstić information content (AvgIpc) is 2.93. The minimum absolute atomic E-state index is 0.194. The van der Waals surface area contributed by atoms with Crippen molar-refractivity contribution in [1.82, 2.24) is 9.55 Å². The van der Waals surface area contributed by atoms with Crippen LogP contribution in [0.1, 0.15) is 28.7 Å². The van der Waals surface area contributed by atoms with Gasteiger partial charge in [0, 0.05) is 11.4 Å². The van der Waals surface area contributed by atoms with E-state index in [0.29, 0.717) is 23.5 Å². The Hall–Kier alpha value is -2.84. The maximum absolute atomic E-state index is 11.3. The van der Waals surface area contributed by atoms with Crippen molar-refractivity contribution < 1.29 is 9.90 Å². The molecule has 0 fully saturated rings. The van der Waals surface area contributed by atoms with E-state index in [1.165, 1.54) is 6.07 Å². The Balaban J connectivity index is 2.15. The molecular weight excluding hydrogens is 338 g/mol. The minimum Gasteiger partial charge on any atom is -0.478 e. The third-order valence-corrected chi connectivity index (χ3v) is 4.44. The number of carboxylic acids is 1. The predicted molar refractivity (Wildman–Crippen MR) is 95.7 cm³/mol. The van der Waals surface area contributed by atoms with Gasteiger partial charge in [0.05, 0.1) is 35.1 Å². The molecule has 0 saturated heterocycles. The van der Waals surface area contributed by atoms with Gasteiger partial charge in [-0.05, 0) is 36.8 Å². The Morgan fingerprint density at radius 2 is 2.12 bits per heavy atom. The lowest BCUT2D eigenvalue weighted by atomic mass is 10.1. The van der Waals surface area contributed by atoms with Gasteiger partial charge in [0.1, 0.15) is 5.82 Å². The summed E-state index contributed by atoms with van der Waals surface area (Å²) in [5.41, 5.74) is 2.54. The first-order valence-electron chi connectivity index (χ1n) is 7.85. The molecular formula is C19H16ClN3O2. The highest BCUT2D eigenvalue weighted by molar-refractivity contribution is 6.31. The van der Waals surface area contributed by atoms with Gasteiger partial charge in [-0.3, -0.25) is 0 Å². The van der Waals surface area contributed by atoms with Gasteiger partial charge in [0.2, 0.25) is 0 Å². The fraction of sp³-hybridized carbons (Fsp3) is 0.211. The van der Waals surface area contributed by atoms with Gasteiger partial charge in [-0.2, -0.15) is 5.26 Å². The smallest absolute Gasteiger partial charge is 0.335 e. The minimum atomic E-state index is -0.987. The zero-order valence-electron chi connectivity index (χ0n) is 13.6. The first-order chi connectivity index (χ1) is 12.0. The quantitative estimate of drug-likeness (QED) is 0.747. The number of rotatable bonds is 5. The van der Waals surface area contributed by atoms with E-state index in [9.17, 15) is 9.90 Å². The molecule has 5 nitrogen and oxygen atoms in total. The lowest BCUT2D eigenvalue weighted by Gasteiger charge is -2.11. The second-order valence-corrected chi connectivity index (χ2v) is 6.36. The summed E-state index contributed by atoms with van der Waals surface area (Å²) in [7, 11) is 0. The van der Waals surface area contributed by atoms with E-state index in [1.54, 1.807) is 12.1 Å². The first-order valence-corrected chi connectivity index (χ1v) is 8.23. The van der Waals surface area contributed by atoms with E-state index in [-0.39, 0.29) is 11.5 Å². The van der Waals surface area contributed by atoms with Gasteiger partial charge in [-0.15, -0.1) is 0 Å². The molecule has 1 unspecified atom stereocenters. The number of hydrogen-bond donors (Lipinski definition) is 1. The zero-order valence-corrected chi connectivity index (χ0v) is 14.4. The van der Waals surface area contributed by atoms with Gasteiger partial charge in [0.25, 0.3) is 0 Å². The molecule has 1 atom stereocenters. The number of carboxylic acid groups (broad SMARTS) is 1. The van der Waals surface area contributed by atoms with E-state index in [0.717, 1.165) is 16.9 Å². The van der Waals surface area contributed by atoms with Crippen LogP contribution < -0.4 is 0 Å². The molecule has 0 saturated carbocycles. The summed E-state index contributed by atoms with van der Waals surface area (Å²) >= 11 is 6.28. The average molecular weight is 354 g/mol. The van der Waals surface area contributed by atoms with Crippen molar-refractivity contribution in [3.05, 3.63) is 64.4 Å². The summed E-state index contributed by atoms with van der Waals surface area (Å²) in [6.07, 6.45) is 0.484. The molecule has 0 aliphatic heterocycles. The number of nitriles is 1. The standard InChI is InChI=1S/C19H16ClN3O2/c1-12(10-21)8-18-22-16-7-6-13(19(24)25)9-17(16)23(18)11-14-4-2-3-5-15(14)20/h2-7,9,12H,8,11H2,1H3,(H,24,25). The Labute approximate surface area is 150 Å². The zero-order chi connectivity index (χ0) is 18.0. The summed E-state index contributed by atoms with van der Waals surface area (Å²) in [4.78, 5) is 15.9. The van der Waals surface area contributed by atoms with Crippen LogP contribution in [0.2, 0.25) is 5.02 Å². The van der Waals surface area contributed by atoms with Crippen LogP contribution in [0.3, 0.4) is 0 Å². The number of nitrogens with zero attached hydrogens (tertiary/aromatic N) is 3. The molecule has 1 heterocycles. The van der Waals surface area contributed by atoms with Crippen LogP contribution in [0, 0.1) is 17.2 Å². The van der Waals surface area contributed by atoms with Crippen LogP contribution >= 0.6 is 11.6 Å². The van der Waals surface area contributed by atoms with Crippen molar-refractivity contribution in [3.8, 4) is 6.07 Å². The van der Waals surface area contributed by atoms with Gasteiger partial charge in [-0.25, -0.2) is 9.78 Å². The third kappa shape index (κ3) is 3.49. The van der Waals surface area contributed by atoms with E-state index < -0.39 is 5.97 Å². The van der Waals surface area contributed by atoms with E-state index in [1.807, 2.05) is 35.8 Å². The largest absolute Gasteiger partial charge is 0.478 e. The SMILES string of the molecule is CC(C#N)Cc1nc2ccc(C(=O)O)cc2n1Cc1ccccc1Cl. The lowest BCUT2D eigenvalue weighted by molar-refractivity contribution is 0.0697. The molecule has 6 heteroatoms. The van der Waals surface area contributed by atoms with Crippen molar-refractivity contribution in [2.75, 3.05) is 0 Å². The van der Waals surface area contributed by atoms with Crippen molar-refractivity contribution >= 4 is 28.6 Å². The van der Waals surface area contributed by atoms with E-state index in [2.05, 4.69) is 11.1 Å². The number of aromatic nitrogens is 2. The molecule has 3 aromatic rings. The Bertz CT molecular complexity index is 988. The molecule has 0 bridgehead atoms. The number of imidazole rings is 1. The molecule has 0 aliphatic carbocycles. The van der Waals surface area contributed by atoms with Crippen LogP contribution in [0.4, 0.5) is 0 Å². The van der Waals surface area contributed by atoms with Crippen molar-refractivity contribution in [3.63, 3.8) is 0 Å². The molecule has 0 radical (unpaired) electrons. The fourth-order valence-corrected chi connectivity index (χ4v) is 2.95. The molecule has 126 valence electrons. The Morgan fingerprint density at radius 1 is 1.36 bits per heavy atom. The van der Waals surface area contributed by atoms with Gasteiger partial charge < -0.3 is 9.67 Å². The summed E-state index contributed by atoms with van der Waals surface area (Å²) in [6.45, 7) is 2.30. The number of benzene rings is 2. The molecule has 3 rings (SSSR count). The normalized spacial score (nSPS) is 12.0. The van der Waals surface area contributed by atoms with Crippen LogP contribution in [-0.4, -0.2) is 20.6 Å². The monoisotopic (exact) mass is 353 g/mol. The van der Waals surface area contributed by atoms with Gasteiger partial charge >= 0.3 is 5.97 Å². The molecule has 0 amide bonds. The summed E-state index contributed by atoms with van der Waals surface area (Å²) < 4.78 is 1.94. The highest BCUT2D eigenvalue weighted by Crippen LogP contribution is 2.24. The van der Waals surface area contributed by atoms with Crippen molar-refractivity contribution in [2.24, 2.45) is 5.92 Å². The first kappa shape index (κ1) is 17.0. The van der Waals surface area contributed by atoms with E-state index in [4.69, 9.17) is 16.9 Å². The molecule has 2 aromatic carbocycles. The predicted octanol–water partition coefficient (Wildman–Crippen LogP) is 4.14. The molecule has 0 aliphatic rings. The second-order valence-electron chi connectivity index (χ2n) is 5.95. The number of aromatic carboxylic acids is 1. The van der Waals surface area contributed by atoms with E-state index >= 15 is 0 Å². The van der Waals surface area contributed by atoms with Crippen molar-refractivity contribution in [1.29, 1.82) is 5.26 Å². The third-order valence-electron chi connectivity index (χ3n) is 4.07. The topological polar surface area (TPSA) is 78.9 Å². The highest BCUT2D eigenvalue weighted by Gasteiger charge is 2.16. The number of fused-ring (bicyclic) bond motifs is 1. The van der Waals surface area contributed by atoms with Crippen molar-refractivity contribution in [2.45, 2.75) is 19.9 Å². The fourth-order valence-electron chi connectivity index (χ4n) is 2.75. The Kier molecular flexibility index (Phi) is 4.73. The van der Waals surface area contributed by atoms with Crippen LogP contribution in [0.15, 0.2) is 42.5 Å². The van der Waals surface area contributed by atoms with Gasteiger partial charge in [0.15, 0.2) is 0 Å². The number of hydrogen-bond acceptors (Lipinski definition) is 3. The Morgan fingerprint density at radius 3 is 2.80 bits per heavy atom. The molecule has 1 aromatic heterocycles. The van der Waals surface area contributed by atoms with Crippen LogP contribution in [0.25, 0.3) is 11.0 Å². The highest BCUT2D eigenvalue weighted by atomic mass is 35.5. The number of carbonyl (C=O) groups is 1. The maximum atomic E-state index is 11.3. The van der Waals surface area contributed by atoms with Crippen LogP contribution in [-0.2, 0) is 13.0 Å². The second kappa shape index (κ2) is 6.96. The maximum Gasteiger partial charge on any atom is 0.335 e. The molecule has 1 N–H and O–H groups in total. The lowest BCUT2D eigenvalue weighted by Crippen LogP contribution is -2.09. The molecule has 25 heavy (non-hydrogen) atoms. The number of halogens is 1. The summed E-state index contributed by atoms with van der Waals surface area (Å²) in [6, 6.07) is 14.6.